The first-order chi connectivity index (χ1) is 0. The zero-order chi connectivity index (χ0) is 0. The van der Waals surface area contributed by atoms with Crippen molar-refractivity contribution in [3.8, 4) is 0 Å². The van der Waals surface area contributed by atoms with Gasteiger partial charge in [0.25, 0.3) is 0 Å². The van der Waals surface area contributed by atoms with Crippen LogP contribution in [-0.4, -0.2) is 11.0 Å². The first kappa shape index (κ1) is 53.7. The molecule has 0 aromatic rings. The molecule has 36 valence electrons. The Morgan fingerprint density at radius 1 is 1.00 bits per heavy atom. The van der Waals surface area contributed by atoms with Crippen LogP contribution in [0, 0.1) is 0 Å². The van der Waals surface area contributed by atoms with Gasteiger partial charge in [0, 0.05) is 80.4 Å². The van der Waals surface area contributed by atoms with Crippen LogP contribution < -0.4 is 0 Å². The molecule has 0 heterocycles. The van der Waals surface area contributed by atoms with Gasteiger partial charge in [-0.15, -0.1) is 0 Å². The second kappa shape index (κ2) is 32.9. The molecule has 0 aliphatic heterocycles. The monoisotopic (exact) mass is 252 g/mol. The fraction of sp³-hybridized carbons (Fsp3) is 0. The number of hydrogen-bond donors (Lipinski definition) is 0. The maximum absolute atomic E-state index is 0. The van der Waals surface area contributed by atoms with Crippen molar-refractivity contribution in [3.63, 3.8) is 0 Å². The minimum absolute atomic E-state index is 0. The van der Waals surface area contributed by atoms with Gasteiger partial charge < -0.3 is 0 Å². The van der Waals surface area contributed by atoms with Crippen LogP contribution in [0.1, 0.15) is 0 Å². The molecule has 5 heavy (non-hydrogen) atoms. The summed E-state index contributed by atoms with van der Waals surface area (Å²) >= 11 is 0. The third-order valence-electron chi connectivity index (χ3n) is 0. The number of rotatable bonds is 0. The molecule has 0 aliphatic rings. The van der Waals surface area contributed by atoms with Gasteiger partial charge in [-0.3, -0.25) is 0 Å². The first-order valence-corrected chi connectivity index (χ1v) is 0. The summed E-state index contributed by atoms with van der Waals surface area (Å²) in [5.74, 6) is 0. The molecule has 0 aromatic heterocycles. The van der Waals surface area contributed by atoms with Gasteiger partial charge in [-0.05, 0) is 0 Å². The van der Waals surface area contributed by atoms with Gasteiger partial charge in [-0.2, -0.15) is 0 Å². The summed E-state index contributed by atoms with van der Waals surface area (Å²) in [7, 11) is 0. The molecular formula is CrCuNiSiV. The molecule has 0 amide bonds. The molecule has 0 saturated heterocycles. The van der Waals surface area contributed by atoms with E-state index in [4.69, 9.17) is 0 Å². The van der Waals surface area contributed by atoms with Gasteiger partial charge in [-0.25, -0.2) is 0 Å². The molecule has 0 bridgehead atoms. The summed E-state index contributed by atoms with van der Waals surface area (Å²) in [5, 5.41) is 0. The molecule has 5 heteroatoms. The van der Waals surface area contributed by atoms with Gasteiger partial charge in [0.05, 0.1) is 0 Å². The maximum atomic E-state index is 0. The van der Waals surface area contributed by atoms with Crippen LogP contribution in [-0.2, 0) is 69.5 Å². The van der Waals surface area contributed by atoms with E-state index in [0.29, 0.717) is 0 Å². The van der Waals surface area contributed by atoms with E-state index >= 15 is 0 Å². The van der Waals surface area contributed by atoms with E-state index in [1.165, 1.54) is 0 Å². The Balaban J connectivity index is 0. The summed E-state index contributed by atoms with van der Waals surface area (Å²) in [5.41, 5.74) is 0. The van der Waals surface area contributed by atoms with Crippen molar-refractivity contribution in [2.45, 2.75) is 0 Å². The third kappa shape index (κ3) is 21.8. The third-order valence-corrected chi connectivity index (χ3v) is 0. The fourth-order valence-corrected chi connectivity index (χ4v) is 0. The van der Waals surface area contributed by atoms with Crippen molar-refractivity contribution < 1.29 is 69.5 Å². The Labute approximate surface area is 79.7 Å². The zero-order valence-corrected chi connectivity index (χ0v) is 7.57. The SMILES string of the molecule is [Cr].[Cu].[Ni].[Si].[V]. The molecule has 6 radical (unpaired) electrons. The van der Waals surface area contributed by atoms with Crippen molar-refractivity contribution in [3.05, 3.63) is 0 Å². The Morgan fingerprint density at radius 2 is 1.00 bits per heavy atom. The van der Waals surface area contributed by atoms with E-state index in [0.717, 1.165) is 0 Å². The molecule has 0 aliphatic carbocycles. The number of hydrogen-bond acceptors (Lipinski definition) is 0. The first-order valence-electron chi connectivity index (χ1n) is 0. The molecule has 0 atom stereocenters. The fourth-order valence-electron chi connectivity index (χ4n) is 0. The van der Waals surface area contributed by atoms with E-state index in [1.54, 1.807) is 0 Å². The van der Waals surface area contributed by atoms with Crippen LogP contribution in [0.5, 0.6) is 0 Å². The van der Waals surface area contributed by atoms with Crippen molar-refractivity contribution >= 4 is 11.0 Å². The average Bonchev–Trinajstić information content (AvgIpc) is 0. The predicted molar refractivity (Wildman–Crippen MR) is 5.75 cm³/mol. The topological polar surface area (TPSA) is 0 Å². The molecule has 0 unspecified atom stereocenters. The van der Waals surface area contributed by atoms with Crippen molar-refractivity contribution in [1.29, 1.82) is 0 Å². The van der Waals surface area contributed by atoms with E-state index < -0.39 is 0 Å². The minimum Gasteiger partial charge on any atom is 0 e. The smallest absolute Gasteiger partial charge is 0 e. The van der Waals surface area contributed by atoms with Gasteiger partial charge in [0.2, 0.25) is 0 Å². The van der Waals surface area contributed by atoms with Gasteiger partial charge in [0.15, 0.2) is 0 Å². The van der Waals surface area contributed by atoms with E-state index in [1.807, 2.05) is 0 Å². The van der Waals surface area contributed by atoms with Crippen LogP contribution in [0.3, 0.4) is 0 Å². The van der Waals surface area contributed by atoms with Crippen LogP contribution in [0.25, 0.3) is 0 Å². The quantitative estimate of drug-likeness (QED) is 0.516. The Morgan fingerprint density at radius 3 is 1.00 bits per heavy atom. The zero-order valence-electron chi connectivity index (χ0n) is 1.97. The predicted octanol–water partition coefficient (Wildman–Crippen LogP) is -0.391. The molecule has 0 spiro atoms. The molecular weight excluding hydrogens is 253 g/mol. The van der Waals surface area contributed by atoms with E-state index in [2.05, 4.69) is 0 Å². The second-order valence-corrected chi connectivity index (χ2v) is 0. The molecule has 0 fully saturated rings. The standard InChI is InChI=1S/Cr.Cu.Ni.Si.V. The van der Waals surface area contributed by atoms with Crippen molar-refractivity contribution in [1.82, 2.24) is 0 Å². The van der Waals surface area contributed by atoms with Crippen LogP contribution in [0.2, 0.25) is 0 Å². The second-order valence-electron chi connectivity index (χ2n) is 0. The van der Waals surface area contributed by atoms with Crippen molar-refractivity contribution in [2.75, 3.05) is 0 Å². The molecule has 0 aromatic carbocycles. The molecule has 0 saturated carbocycles. The average molecular weight is 253 g/mol. The Bertz CT molecular complexity index is 11.6. The molecule has 0 N–H and O–H groups in total. The normalized spacial score (nSPS) is 0. The summed E-state index contributed by atoms with van der Waals surface area (Å²) in [6, 6.07) is 0. The summed E-state index contributed by atoms with van der Waals surface area (Å²) in [6.45, 7) is 0. The van der Waals surface area contributed by atoms with Crippen LogP contribution in [0.4, 0.5) is 0 Å². The Kier molecular flexibility index (Phi) is 354. The van der Waals surface area contributed by atoms with E-state index in [9.17, 15) is 0 Å². The summed E-state index contributed by atoms with van der Waals surface area (Å²) < 4.78 is 0. The van der Waals surface area contributed by atoms with Gasteiger partial charge in [-0.1, -0.05) is 0 Å². The summed E-state index contributed by atoms with van der Waals surface area (Å²) in [4.78, 5) is 0. The molecule has 0 rings (SSSR count). The maximum Gasteiger partial charge on any atom is 0 e. The Hall–Kier alpha value is 2.35. The minimum atomic E-state index is 0. The van der Waals surface area contributed by atoms with Crippen LogP contribution in [0.15, 0.2) is 0 Å². The van der Waals surface area contributed by atoms with Gasteiger partial charge in [0.1, 0.15) is 0 Å². The molecule has 0 nitrogen and oxygen atoms in total. The van der Waals surface area contributed by atoms with E-state index in [-0.39, 0.29) is 80.4 Å². The van der Waals surface area contributed by atoms with Gasteiger partial charge >= 0.3 is 0 Å². The van der Waals surface area contributed by atoms with Crippen LogP contribution >= 0.6 is 0 Å². The summed E-state index contributed by atoms with van der Waals surface area (Å²) in [6.07, 6.45) is 0. The van der Waals surface area contributed by atoms with Crippen molar-refractivity contribution in [2.24, 2.45) is 0 Å². The largest absolute Gasteiger partial charge is 0 e.